The van der Waals surface area contributed by atoms with Crippen LogP contribution in [0.15, 0.2) is 51.7 Å². The zero-order chi connectivity index (χ0) is 24.9. The van der Waals surface area contributed by atoms with Crippen molar-refractivity contribution in [2.75, 3.05) is 25.5 Å². The van der Waals surface area contributed by atoms with E-state index in [-0.39, 0.29) is 12.0 Å². The summed E-state index contributed by atoms with van der Waals surface area (Å²) in [6.45, 7) is 3.24. The molecule has 2 aromatic heterocycles. The lowest BCUT2D eigenvalue weighted by molar-refractivity contribution is -0.129. The highest BCUT2D eigenvalue weighted by Crippen LogP contribution is 2.38. The average Bonchev–Trinajstić information content (AvgIpc) is 3.58. The van der Waals surface area contributed by atoms with Gasteiger partial charge in [0.15, 0.2) is 16.7 Å². The monoisotopic (exact) mass is 524 g/mol. The number of carbonyl (C=O) groups excluding carboxylic acids is 1. The molecule has 0 unspecified atom stereocenters. The molecule has 0 atom stereocenters. The van der Waals surface area contributed by atoms with Gasteiger partial charge in [-0.1, -0.05) is 17.8 Å². The first-order chi connectivity index (χ1) is 17.6. The minimum atomic E-state index is 0.156. The summed E-state index contributed by atoms with van der Waals surface area (Å²) >= 11 is 3.23. The third kappa shape index (κ3) is 6.13. The lowest BCUT2D eigenvalue weighted by Crippen LogP contribution is -2.36. The highest BCUT2D eigenvalue weighted by molar-refractivity contribution is 7.99. The number of nitrogens with zero attached hydrogens (tertiary/aromatic N) is 3. The number of amides is 1. The number of ether oxygens (including phenoxy) is 2. The Morgan fingerprint density at radius 3 is 2.69 bits per heavy atom. The molecule has 5 rings (SSSR count). The quantitative estimate of drug-likeness (QED) is 0.361. The smallest absolute Gasteiger partial charge is 0.219 e. The molecule has 1 N–H and O–H groups in total. The highest BCUT2D eigenvalue weighted by atomic mass is 32.2. The van der Waals surface area contributed by atoms with Gasteiger partial charge in [0.2, 0.25) is 5.91 Å². The van der Waals surface area contributed by atoms with E-state index in [1.165, 1.54) is 12.8 Å². The molecule has 190 valence electrons. The van der Waals surface area contributed by atoms with Crippen molar-refractivity contribution in [2.45, 2.75) is 67.3 Å². The van der Waals surface area contributed by atoms with Crippen LogP contribution in [-0.2, 0) is 4.79 Å². The van der Waals surface area contributed by atoms with E-state index in [2.05, 4.69) is 22.8 Å². The fourth-order valence-electron chi connectivity index (χ4n) is 4.78. The Kier molecular flexibility index (Phi) is 7.96. The van der Waals surface area contributed by atoms with Crippen molar-refractivity contribution in [3.05, 3.63) is 47.6 Å². The van der Waals surface area contributed by atoms with E-state index in [9.17, 15) is 4.79 Å². The number of hydrogen-bond donors (Lipinski definition) is 1. The molecule has 0 bridgehead atoms. The molecule has 3 heterocycles. The van der Waals surface area contributed by atoms with Crippen LogP contribution >= 0.6 is 23.1 Å². The van der Waals surface area contributed by atoms with Gasteiger partial charge in [-0.2, -0.15) is 0 Å². The molecule has 1 saturated heterocycles. The van der Waals surface area contributed by atoms with Crippen molar-refractivity contribution in [3.63, 3.8) is 0 Å². The Balaban J connectivity index is 1.31. The Morgan fingerprint density at radius 2 is 1.94 bits per heavy atom. The molecule has 36 heavy (non-hydrogen) atoms. The third-order valence-corrected chi connectivity index (χ3v) is 8.53. The largest absolute Gasteiger partial charge is 0.497 e. The Hall–Kier alpha value is -2.78. The first kappa shape index (κ1) is 24.9. The molecule has 1 aliphatic carbocycles. The van der Waals surface area contributed by atoms with Crippen molar-refractivity contribution >= 4 is 40.0 Å². The van der Waals surface area contributed by atoms with E-state index in [1.54, 1.807) is 37.1 Å². The van der Waals surface area contributed by atoms with Gasteiger partial charge in [-0.25, -0.2) is 9.97 Å². The van der Waals surface area contributed by atoms with Crippen LogP contribution in [0.3, 0.4) is 0 Å². The van der Waals surface area contributed by atoms with E-state index < -0.39 is 0 Å². The molecule has 1 aliphatic heterocycles. The molecule has 2 aliphatic rings. The van der Waals surface area contributed by atoms with Crippen LogP contribution in [0.1, 0.15) is 57.1 Å². The summed E-state index contributed by atoms with van der Waals surface area (Å²) in [6, 6.07) is 10.1. The molecule has 1 saturated carbocycles. The molecule has 0 spiro atoms. The first-order valence-corrected chi connectivity index (χ1v) is 14.2. The number of pyridine rings is 1. The third-order valence-electron chi connectivity index (χ3n) is 6.81. The molecule has 0 radical (unpaired) electrons. The number of methoxy groups -OCH3 is 1. The van der Waals surface area contributed by atoms with Gasteiger partial charge in [0, 0.05) is 47.3 Å². The maximum Gasteiger partial charge on any atom is 0.219 e. The molecule has 7 nitrogen and oxygen atoms in total. The van der Waals surface area contributed by atoms with Gasteiger partial charge in [0.05, 0.1) is 18.9 Å². The normalized spacial score (nSPS) is 16.8. The number of thiazole rings is 1. The topological polar surface area (TPSA) is 76.6 Å². The van der Waals surface area contributed by atoms with Gasteiger partial charge in [-0.3, -0.25) is 4.79 Å². The predicted molar refractivity (Wildman–Crippen MR) is 144 cm³/mol. The van der Waals surface area contributed by atoms with Gasteiger partial charge >= 0.3 is 0 Å². The fourth-order valence-corrected chi connectivity index (χ4v) is 6.43. The van der Waals surface area contributed by atoms with Gasteiger partial charge in [0.25, 0.3) is 0 Å². The van der Waals surface area contributed by atoms with Crippen LogP contribution in [0.2, 0.25) is 0 Å². The Morgan fingerprint density at radius 1 is 1.14 bits per heavy atom. The summed E-state index contributed by atoms with van der Waals surface area (Å²) in [5.41, 5.74) is 1.09. The van der Waals surface area contributed by atoms with E-state index in [4.69, 9.17) is 19.4 Å². The van der Waals surface area contributed by atoms with Crippen molar-refractivity contribution in [1.29, 1.82) is 0 Å². The molecule has 9 heteroatoms. The van der Waals surface area contributed by atoms with E-state index in [1.807, 2.05) is 29.3 Å². The second-order valence-electron chi connectivity index (χ2n) is 9.31. The summed E-state index contributed by atoms with van der Waals surface area (Å²) in [7, 11) is 1.68. The number of hydrogen-bond acceptors (Lipinski definition) is 8. The summed E-state index contributed by atoms with van der Waals surface area (Å²) in [6.07, 6.45) is 8.57. The zero-order valence-electron chi connectivity index (χ0n) is 20.7. The molecular formula is C27H32N4O3S2. The zero-order valence-corrected chi connectivity index (χ0v) is 22.4. The van der Waals surface area contributed by atoms with Crippen LogP contribution in [0.25, 0.3) is 0 Å². The maximum atomic E-state index is 11.6. The number of likely N-dealkylation sites (tertiary alicyclic amines) is 1. The second kappa shape index (κ2) is 11.5. The molecular weight excluding hydrogens is 492 g/mol. The lowest BCUT2D eigenvalue weighted by Gasteiger charge is -2.30. The van der Waals surface area contributed by atoms with Crippen molar-refractivity contribution in [2.24, 2.45) is 0 Å². The SMILES string of the molecule is COc1cccc(Sc2cnc(Nc3nc(C4CCN(C(C)=O)CC4)cs3)c(OC3CCCC3)c2)c1. The van der Waals surface area contributed by atoms with Crippen molar-refractivity contribution in [3.8, 4) is 11.5 Å². The molecule has 1 aromatic carbocycles. The standard InChI is InChI=1S/C27H32N4O3S2/c1-18(32)31-12-10-19(11-13-31)24-17-35-27(29-24)30-26-25(34-20-6-3-4-7-20)15-23(16-28-26)36-22-9-5-8-21(14-22)33-2/h5,8-9,14-17,19-20H,3-4,6-7,10-13H2,1-2H3,(H,28,29,30). The number of aromatic nitrogens is 2. The van der Waals surface area contributed by atoms with Crippen LogP contribution in [0.5, 0.6) is 11.5 Å². The molecule has 1 amide bonds. The van der Waals surface area contributed by atoms with Gasteiger partial charge < -0.3 is 19.7 Å². The predicted octanol–water partition coefficient (Wildman–Crippen LogP) is 6.49. The van der Waals surface area contributed by atoms with Gasteiger partial charge in [-0.15, -0.1) is 11.3 Å². The number of benzene rings is 1. The molecule has 2 fully saturated rings. The Labute approximate surface area is 220 Å². The maximum absolute atomic E-state index is 11.6. The summed E-state index contributed by atoms with van der Waals surface area (Å²) < 4.78 is 11.8. The number of carbonyl (C=O) groups is 1. The minimum Gasteiger partial charge on any atom is -0.497 e. The van der Waals surface area contributed by atoms with Gasteiger partial charge in [0.1, 0.15) is 5.75 Å². The highest BCUT2D eigenvalue weighted by Gasteiger charge is 2.24. The lowest BCUT2D eigenvalue weighted by atomic mass is 9.94. The van der Waals surface area contributed by atoms with Gasteiger partial charge in [-0.05, 0) is 62.8 Å². The Bertz CT molecular complexity index is 1190. The summed E-state index contributed by atoms with van der Waals surface area (Å²) in [5, 5.41) is 6.36. The van der Waals surface area contributed by atoms with Crippen LogP contribution < -0.4 is 14.8 Å². The number of rotatable bonds is 8. The summed E-state index contributed by atoms with van der Waals surface area (Å²) in [5.74, 6) is 2.84. The average molecular weight is 525 g/mol. The van der Waals surface area contributed by atoms with E-state index in [0.29, 0.717) is 11.7 Å². The number of anilines is 2. The van der Waals surface area contributed by atoms with Crippen LogP contribution in [0.4, 0.5) is 10.9 Å². The molecule has 3 aromatic rings. The number of nitrogens with one attached hydrogen (secondary N) is 1. The van der Waals surface area contributed by atoms with Crippen LogP contribution in [0, 0.1) is 0 Å². The van der Waals surface area contributed by atoms with E-state index >= 15 is 0 Å². The fraction of sp³-hybridized carbons (Fsp3) is 0.444. The summed E-state index contributed by atoms with van der Waals surface area (Å²) in [4.78, 5) is 25.3. The number of piperidine rings is 1. The minimum absolute atomic E-state index is 0.156. The first-order valence-electron chi connectivity index (χ1n) is 12.5. The van der Waals surface area contributed by atoms with E-state index in [0.717, 1.165) is 70.9 Å². The van der Waals surface area contributed by atoms with Crippen molar-refractivity contribution < 1.29 is 14.3 Å². The second-order valence-corrected chi connectivity index (χ2v) is 11.3. The van der Waals surface area contributed by atoms with Crippen molar-refractivity contribution in [1.82, 2.24) is 14.9 Å². The van der Waals surface area contributed by atoms with Crippen LogP contribution in [-0.4, -0.2) is 47.1 Å².